The fourth-order valence-corrected chi connectivity index (χ4v) is 3.09. The molecule has 0 N–H and O–H groups in total. The minimum absolute atomic E-state index is 0.269. The van der Waals surface area contributed by atoms with Gasteiger partial charge in [0, 0.05) is 24.3 Å². The molecule has 2 aliphatic rings. The molecule has 4 rings (SSSR count). The molecule has 2 aromatic heterocycles. The molecule has 2 fully saturated rings. The standard InChI is InChI=1S/C16H23N5O2/c1-10(2)15-17-13(19-22-15)9-21-7-3-4-12(8-21)14-18-16(23-20-14)11-5-6-11/h10-12H,3-9H2,1-2H3. The number of aromatic nitrogens is 4. The molecule has 7 heteroatoms. The SMILES string of the molecule is CC(C)c1nc(CN2CCCC(c3noc(C4CC4)n3)C2)no1. The smallest absolute Gasteiger partial charge is 0.229 e. The number of piperidine rings is 1. The minimum atomic E-state index is 0.269. The molecule has 0 aromatic carbocycles. The van der Waals surface area contributed by atoms with E-state index in [9.17, 15) is 0 Å². The van der Waals surface area contributed by atoms with Gasteiger partial charge in [0.1, 0.15) is 0 Å². The van der Waals surface area contributed by atoms with Crippen LogP contribution in [0.1, 0.15) is 80.7 Å². The van der Waals surface area contributed by atoms with E-state index in [-0.39, 0.29) is 5.92 Å². The van der Waals surface area contributed by atoms with Gasteiger partial charge in [0.2, 0.25) is 11.8 Å². The maximum Gasteiger partial charge on any atom is 0.229 e. The Labute approximate surface area is 135 Å². The monoisotopic (exact) mass is 317 g/mol. The number of likely N-dealkylation sites (tertiary alicyclic amines) is 1. The summed E-state index contributed by atoms with van der Waals surface area (Å²) < 4.78 is 10.7. The van der Waals surface area contributed by atoms with Crippen LogP contribution < -0.4 is 0 Å². The molecule has 3 heterocycles. The number of hydrogen-bond acceptors (Lipinski definition) is 7. The number of rotatable bonds is 5. The van der Waals surface area contributed by atoms with Crippen LogP contribution in [0.25, 0.3) is 0 Å². The predicted molar refractivity (Wildman–Crippen MR) is 81.9 cm³/mol. The van der Waals surface area contributed by atoms with Gasteiger partial charge in [-0.15, -0.1) is 0 Å². The fraction of sp³-hybridized carbons (Fsp3) is 0.750. The average molecular weight is 317 g/mol. The third kappa shape index (κ3) is 3.29. The van der Waals surface area contributed by atoms with Crippen LogP contribution in [0.2, 0.25) is 0 Å². The lowest BCUT2D eigenvalue weighted by Gasteiger charge is -2.30. The molecule has 124 valence electrons. The lowest BCUT2D eigenvalue weighted by atomic mass is 9.97. The third-order valence-electron chi connectivity index (χ3n) is 4.60. The quantitative estimate of drug-likeness (QED) is 0.838. The first kappa shape index (κ1) is 14.8. The van der Waals surface area contributed by atoms with Crippen molar-refractivity contribution in [3.63, 3.8) is 0 Å². The Morgan fingerprint density at radius 3 is 2.70 bits per heavy atom. The van der Waals surface area contributed by atoms with Crippen molar-refractivity contribution in [2.75, 3.05) is 13.1 Å². The maximum absolute atomic E-state index is 5.41. The normalized spacial score (nSPS) is 22.8. The summed E-state index contributed by atoms with van der Waals surface area (Å²) in [6.45, 7) is 6.81. The zero-order chi connectivity index (χ0) is 15.8. The Kier molecular flexibility index (Phi) is 3.88. The number of nitrogens with zero attached hydrogens (tertiary/aromatic N) is 5. The summed E-state index contributed by atoms with van der Waals surface area (Å²) in [5, 5.41) is 8.29. The van der Waals surface area contributed by atoms with Gasteiger partial charge in [-0.1, -0.05) is 24.2 Å². The summed E-state index contributed by atoms with van der Waals surface area (Å²) in [7, 11) is 0. The molecule has 0 spiro atoms. The van der Waals surface area contributed by atoms with Crippen molar-refractivity contribution in [2.24, 2.45) is 0 Å². The molecule has 7 nitrogen and oxygen atoms in total. The van der Waals surface area contributed by atoms with Crippen LogP contribution in [0.3, 0.4) is 0 Å². The Morgan fingerprint density at radius 1 is 1.09 bits per heavy atom. The average Bonchev–Trinajstić information content (AvgIpc) is 3.09. The van der Waals surface area contributed by atoms with Crippen LogP contribution >= 0.6 is 0 Å². The van der Waals surface area contributed by atoms with Crippen molar-refractivity contribution in [1.29, 1.82) is 0 Å². The van der Waals surface area contributed by atoms with Gasteiger partial charge in [-0.2, -0.15) is 9.97 Å². The zero-order valence-electron chi connectivity index (χ0n) is 13.7. The lowest BCUT2D eigenvalue weighted by molar-refractivity contribution is 0.188. The van der Waals surface area contributed by atoms with Crippen molar-refractivity contribution < 1.29 is 9.05 Å². The molecule has 1 aliphatic heterocycles. The maximum atomic E-state index is 5.41. The molecule has 1 saturated carbocycles. The first-order valence-corrected chi connectivity index (χ1v) is 8.57. The highest BCUT2D eigenvalue weighted by Crippen LogP contribution is 2.39. The summed E-state index contributed by atoms with van der Waals surface area (Å²) in [4.78, 5) is 11.4. The Morgan fingerprint density at radius 2 is 1.96 bits per heavy atom. The van der Waals surface area contributed by atoms with Crippen LogP contribution in [-0.2, 0) is 6.54 Å². The van der Waals surface area contributed by atoms with Crippen LogP contribution in [0, 0.1) is 0 Å². The molecule has 1 saturated heterocycles. The van der Waals surface area contributed by atoms with Crippen molar-refractivity contribution in [3.05, 3.63) is 23.4 Å². The lowest BCUT2D eigenvalue weighted by Crippen LogP contribution is -2.34. The van der Waals surface area contributed by atoms with Gasteiger partial charge < -0.3 is 9.05 Å². The molecule has 1 unspecified atom stereocenters. The van der Waals surface area contributed by atoms with E-state index in [1.807, 2.05) is 0 Å². The van der Waals surface area contributed by atoms with E-state index in [4.69, 9.17) is 9.05 Å². The van der Waals surface area contributed by atoms with Crippen molar-refractivity contribution in [1.82, 2.24) is 25.2 Å². The van der Waals surface area contributed by atoms with Crippen molar-refractivity contribution in [3.8, 4) is 0 Å². The van der Waals surface area contributed by atoms with Gasteiger partial charge in [0.05, 0.1) is 6.54 Å². The Balaban J connectivity index is 1.39. The molecule has 0 bridgehead atoms. The van der Waals surface area contributed by atoms with Crippen molar-refractivity contribution in [2.45, 2.75) is 63.8 Å². The van der Waals surface area contributed by atoms with Crippen LogP contribution in [0.15, 0.2) is 9.05 Å². The Hall–Kier alpha value is -1.76. The molecule has 1 atom stereocenters. The highest BCUT2D eigenvalue weighted by Gasteiger charge is 2.32. The molecular weight excluding hydrogens is 294 g/mol. The van der Waals surface area contributed by atoms with Crippen LogP contribution in [0.5, 0.6) is 0 Å². The molecule has 1 aliphatic carbocycles. The summed E-state index contributed by atoms with van der Waals surface area (Å²) >= 11 is 0. The summed E-state index contributed by atoms with van der Waals surface area (Å²) in [5.41, 5.74) is 0. The summed E-state index contributed by atoms with van der Waals surface area (Å²) in [6.07, 6.45) is 4.62. The third-order valence-corrected chi connectivity index (χ3v) is 4.60. The Bertz CT molecular complexity index is 661. The second-order valence-corrected chi connectivity index (χ2v) is 7.04. The van der Waals surface area contributed by atoms with Gasteiger partial charge in [-0.3, -0.25) is 4.90 Å². The zero-order valence-corrected chi connectivity index (χ0v) is 13.7. The van der Waals surface area contributed by atoms with Gasteiger partial charge >= 0.3 is 0 Å². The first-order chi connectivity index (χ1) is 11.2. The molecule has 0 radical (unpaired) electrons. The minimum Gasteiger partial charge on any atom is -0.339 e. The van der Waals surface area contributed by atoms with Gasteiger partial charge in [-0.05, 0) is 32.2 Å². The fourth-order valence-electron chi connectivity index (χ4n) is 3.09. The van der Waals surface area contributed by atoms with E-state index < -0.39 is 0 Å². The topological polar surface area (TPSA) is 81.1 Å². The predicted octanol–water partition coefficient (Wildman–Crippen LogP) is 2.83. The van der Waals surface area contributed by atoms with Gasteiger partial charge in [0.15, 0.2) is 11.6 Å². The summed E-state index contributed by atoms with van der Waals surface area (Å²) in [5.74, 6) is 4.30. The highest BCUT2D eigenvalue weighted by atomic mass is 16.5. The second kappa shape index (κ2) is 6.03. The van der Waals surface area contributed by atoms with E-state index in [2.05, 4.69) is 39.0 Å². The second-order valence-electron chi connectivity index (χ2n) is 7.04. The number of hydrogen-bond donors (Lipinski definition) is 0. The molecule has 23 heavy (non-hydrogen) atoms. The van der Waals surface area contributed by atoms with E-state index in [1.165, 1.54) is 12.8 Å². The van der Waals surface area contributed by atoms with Crippen LogP contribution in [0.4, 0.5) is 0 Å². The highest BCUT2D eigenvalue weighted by molar-refractivity contribution is 5.05. The van der Waals surface area contributed by atoms with E-state index >= 15 is 0 Å². The molecule has 0 amide bonds. The van der Waals surface area contributed by atoms with Crippen molar-refractivity contribution >= 4 is 0 Å². The van der Waals surface area contributed by atoms with E-state index in [1.54, 1.807) is 0 Å². The van der Waals surface area contributed by atoms with Gasteiger partial charge in [0.25, 0.3) is 0 Å². The van der Waals surface area contributed by atoms with E-state index in [0.717, 1.165) is 50.0 Å². The molecule has 2 aromatic rings. The summed E-state index contributed by atoms with van der Waals surface area (Å²) in [6, 6.07) is 0. The first-order valence-electron chi connectivity index (χ1n) is 8.57. The van der Waals surface area contributed by atoms with E-state index in [0.29, 0.717) is 17.7 Å². The van der Waals surface area contributed by atoms with Gasteiger partial charge in [-0.25, -0.2) is 0 Å². The largest absolute Gasteiger partial charge is 0.339 e. The van der Waals surface area contributed by atoms with Crippen LogP contribution in [-0.4, -0.2) is 38.3 Å². The molecular formula is C16H23N5O2.